The average molecular weight is 533 g/mol. The second-order valence-electron chi connectivity index (χ2n) is 10.0. The monoisotopic (exact) mass is 532 g/mol. The number of amides is 1. The Labute approximate surface area is 236 Å². The molecule has 4 aromatic carbocycles. The molecule has 0 saturated carbocycles. The van der Waals surface area contributed by atoms with Gasteiger partial charge >= 0.3 is 0 Å². The summed E-state index contributed by atoms with van der Waals surface area (Å²) in [6.45, 7) is 2.98. The molecule has 1 N–H and O–H groups in total. The summed E-state index contributed by atoms with van der Waals surface area (Å²) < 4.78 is 13.5. The summed E-state index contributed by atoms with van der Waals surface area (Å²) in [7, 11) is 3.30. The number of benzene rings is 4. The zero-order valence-corrected chi connectivity index (χ0v) is 23.3. The third kappa shape index (κ3) is 6.04. The molecule has 5 aromatic rings. The van der Waals surface area contributed by atoms with Crippen molar-refractivity contribution in [3.8, 4) is 11.5 Å². The van der Waals surface area contributed by atoms with Crippen LogP contribution in [-0.4, -0.2) is 24.7 Å². The Balaban J connectivity index is 1.53. The molecule has 0 radical (unpaired) electrons. The fraction of sp³-hybridized carbons (Fsp3) is 0.229. The molecule has 0 unspecified atom stereocenters. The number of ether oxygens (including phenoxy) is 2. The summed E-state index contributed by atoms with van der Waals surface area (Å²) in [4.78, 5) is 13.9. The molecular weight excluding hydrogens is 496 g/mol. The summed E-state index contributed by atoms with van der Waals surface area (Å²) in [6, 6.07) is 34.6. The third-order valence-corrected chi connectivity index (χ3v) is 7.52. The van der Waals surface area contributed by atoms with Crippen molar-refractivity contribution in [1.82, 2.24) is 9.88 Å². The van der Waals surface area contributed by atoms with Crippen molar-refractivity contribution in [3.05, 3.63) is 132 Å². The predicted molar refractivity (Wildman–Crippen MR) is 161 cm³/mol. The highest BCUT2D eigenvalue weighted by atomic mass is 16.5. The smallest absolute Gasteiger partial charge is 0.221 e. The van der Waals surface area contributed by atoms with Crippen LogP contribution in [-0.2, 0) is 17.8 Å². The first-order chi connectivity index (χ1) is 19.6. The lowest BCUT2D eigenvalue weighted by atomic mass is 9.87. The van der Waals surface area contributed by atoms with Gasteiger partial charge in [-0.1, -0.05) is 78.9 Å². The third-order valence-electron chi connectivity index (χ3n) is 7.52. The summed E-state index contributed by atoms with van der Waals surface area (Å²) in [5.41, 5.74) is 5.51. The molecule has 5 heteroatoms. The number of hydrogen-bond acceptors (Lipinski definition) is 3. The van der Waals surface area contributed by atoms with Crippen molar-refractivity contribution in [1.29, 1.82) is 0 Å². The number of carbonyl (C=O) groups is 1. The van der Waals surface area contributed by atoms with Crippen LogP contribution in [0.2, 0.25) is 0 Å². The van der Waals surface area contributed by atoms with Gasteiger partial charge in [0.1, 0.15) is 11.5 Å². The molecule has 5 nitrogen and oxygen atoms in total. The van der Waals surface area contributed by atoms with Crippen LogP contribution in [0.25, 0.3) is 10.9 Å². The van der Waals surface area contributed by atoms with Gasteiger partial charge in [0.2, 0.25) is 5.91 Å². The molecule has 0 aliphatic rings. The Bertz CT molecular complexity index is 1540. The summed E-state index contributed by atoms with van der Waals surface area (Å²) >= 11 is 0. The first-order valence-electron chi connectivity index (χ1n) is 13.8. The van der Waals surface area contributed by atoms with E-state index in [-0.39, 0.29) is 24.3 Å². The number of para-hydroxylation sites is 1. The van der Waals surface area contributed by atoms with Crippen LogP contribution in [0.3, 0.4) is 0 Å². The maximum Gasteiger partial charge on any atom is 0.221 e. The van der Waals surface area contributed by atoms with Gasteiger partial charge in [0.15, 0.2) is 0 Å². The van der Waals surface area contributed by atoms with E-state index in [1.165, 1.54) is 5.56 Å². The molecule has 0 bridgehead atoms. The van der Waals surface area contributed by atoms with Crippen LogP contribution in [0.1, 0.15) is 47.6 Å². The van der Waals surface area contributed by atoms with E-state index in [0.717, 1.165) is 34.1 Å². The molecule has 40 heavy (non-hydrogen) atoms. The second kappa shape index (κ2) is 12.6. The first kappa shape index (κ1) is 27.1. The molecule has 0 spiro atoms. The van der Waals surface area contributed by atoms with Crippen LogP contribution in [0.5, 0.6) is 11.5 Å². The van der Waals surface area contributed by atoms with E-state index in [2.05, 4.69) is 71.5 Å². The number of carbonyl (C=O) groups excluding carboxylic acids is 1. The van der Waals surface area contributed by atoms with E-state index in [1.54, 1.807) is 14.2 Å². The van der Waals surface area contributed by atoms with Crippen LogP contribution >= 0.6 is 0 Å². The van der Waals surface area contributed by atoms with Gasteiger partial charge in [0, 0.05) is 42.0 Å². The van der Waals surface area contributed by atoms with Gasteiger partial charge < -0.3 is 19.4 Å². The number of aromatic nitrogens is 1. The molecule has 1 amide bonds. The van der Waals surface area contributed by atoms with Gasteiger partial charge in [-0.3, -0.25) is 4.79 Å². The van der Waals surface area contributed by atoms with Gasteiger partial charge in [0.05, 0.1) is 20.3 Å². The van der Waals surface area contributed by atoms with Crippen molar-refractivity contribution in [3.63, 3.8) is 0 Å². The summed E-state index contributed by atoms with van der Waals surface area (Å²) in [5, 5.41) is 4.52. The molecule has 0 saturated heterocycles. The van der Waals surface area contributed by atoms with E-state index < -0.39 is 0 Å². The molecule has 5 rings (SSSR count). The molecular formula is C35H36N2O3. The van der Waals surface area contributed by atoms with E-state index in [4.69, 9.17) is 9.47 Å². The van der Waals surface area contributed by atoms with E-state index >= 15 is 0 Å². The summed E-state index contributed by atoms with van der Waals surface area (Å²) in [6.07, 6.45) is 3.18. The highest BCUT2D eigenvalue weighted by Gasteiger charge is 2.25. The lowest BCUT2D eigenvalue weighted by molar-refractivity contribution is -0.122. The second-order valence-corrected chi connectivity index (χ2v) is 10.0. The van der Waals surface area contributed by atoms with Crippen molar-refractivity contribution < 1.29 is 14.3 Å². The van der Waals surface area contributed by atoms with Crippen molar-refractivity contribution >= 4 is 16.8 Å². The lowest BCUT2D eigenvalue weighted by Gasteiger charge is -2.23. The van der Waals surface area contributed by atoms with Gasteiger partial charge in [-0.15, -0.1) is 0 Å². The number of hydrogen-bond donors (Lipinski definition) is 1. The first-order valence-corrected chi connectivity index (χ1v) is 13.8. The number of nitrogens with zero attached hydrogens (tertiary/aromatic N) is 1. The highest BCUT2D eigenvalue weighted by Crippen LogP contribution is 2.38. The molecule has 0 aliphatic heterocycles. The van der Waals surface area contributed by atoms with Crippen molar-refractivity contribution in [2.45, 2.75) is 38.3 Å². The van der Waals surface area contributed by atoms with Crippen LogP contribution < -0.4 is 14.8 Å². The van der Waals surface area contributed by atoms with Crippen LogP contribution in [0.4, 0.5) is 0 Å². The average Bonchev–Trinajstić information content (AvgIpc) is 3.38. The maximum absolute atomic E-state index is 13.9. The Morgan fingerprint density at radius 3 is 2.08 bits per heavy atom. The quantitative estimate of drug-likeness (QED) is 0.194. The van der Waals surface area contributed by atoms with Crippen LogP contribution in [0.15, 0.2) is 109 Å². The van der Waals surface area contributed by atoms with Gasteiger partial charge in [0.25, 0.3) is 0 Å². The molecule has 0 aliphatic carbocycles. The zero-order valence-electron chi connectivity index (χ0n) is 23.3. The van der Waals surface area contributed by atoms with Gasteiger partial charge in [-0.2, -0.15) is 0 Å². The van der Waals surface area contributed by atoms with E-state index in [1.807, 2.05) is 54.6 Å². The Morgan fingerprint density at radius 2 is 1.43 bits per heavy atom. The fourth-order valence-electron chi connectivity index (χ4n) is 5.48. The van der Waals surface area contributed by atoms with Crippen LogP contribution in [0, 0.1) is 0 Å². The number of rotatable bonds is 11. The topological polar surface area (TPSA) is 52.5 Å². The maximum atomic E-state index is 13.9. The van der Waals surface area contributed by atoms with Gasteiger partial charge in [-0.25, -0.2) is 0 Å². The fourth-order valence-corrected chi connectivity index (χ4v) is 5.48. The Hall–Kier alpha value is -4.51. The minimum Gasteiger partial charge on any atom is -0.497 e. The number of methoxy groups -OCH3 is 2. The minimum absolute atomic E-state index is 0.00935. The Kier molecular flexibility index (Phi) is 8.50. The number of aryl methyl sites for hydroxylation is 1. The largest absolute Gasteiger partial charge is 0.497 e. The molecule has 204 valence electrons. The molecule has 1 heterocycles. The standard InChI is InChI=1S/C35H36N2O3/c1-4-37-24-32(30-17-11-12-18-34(30)37)31(27-20-28(39-2)22-29(21-27)40-3)23-35(38)36-33(26-15-9-6-10-16-26)19-25-13-7-5-8-14-25/h5-18,20-22,24,31,33H,4,19,23H2,1-3H3,(H,36,38)/t31-,33-/m1/s1. The molecule has 1 aromatic heterocycles. The number of nitrogens with one attached hydrogen (secondary N) is 1. The SMILES string of the molecule is CCn1cc([C@H](CC(=O)N[C@H](Cc2ccccc2)c2ccccc2)c2cc(OC)cc(OC)c2)c2ccccc21. The van der Waals surface area contributed by atoms with E-state index in [0.29, 0.717) is 17.9 Å². The minimum atomic E-state index is -0.199. The summed E-state index contributed by atoms with van der Waals surface area (Å²) in [5.74, 6) is 1.19. The normalized spacial score (nSPS) is 12.6. The molecule has 0 fully saturated rings. The zero-order chi connectivity index (χ0) is 27.9. The lowest BCUT2D eigenvalue weighted by Crippen LogP contribution is -2.31. The van der Waals surface area contributed by atoms with Gasteiger partial charge in [-0.05, 0) is 53.8 Å². The molecule has 2 atom stereocenters. The van der Waals surface area contributed by atoms with Crippen molar-refractivity contribution in [2.75, 3.05) is 14.2 Å². The number of fused-ring (bicyclic) bond motifs is 1. The van der Waals surface area contributed by atoms with Crippen molar-refractivity contribution in [2.24, 2.45) is 0 Å². The van der Waals surface area contributed by atoms with E-state index in [9.17, 15) is 4.79 Å². The highest BCUT2D eigenvalue weighted by molar-refractivity contribution is 5.87. The Morgan fingerprint density at radius 1 is 0.800 bits per heavy atom. The predicted octanol–water partition coefficient (Wildman–Crippen LogP) is 7.30.